The quantitative estimate of drug-likeness (QED) is 0.502. The first-order valence-electron chi connectivity index (χ1n) is 3.47. The van der Waals surface area contributed by atoms with E-state index in [1.165, 1.54) is 5.39 Å². The van der Waals surface area contributed by atoms with Crippen molar-refractivity contribution in [2.75, 3.05) is 0 Å². The van der Waals surface area contributed by atoms with Crippen LogP contribution in [0.15, 0.2) is 34.6 Å². The number of benzene rings is 1. The van der Waals surface area contributed by atoms with E-state index >= 15 is 0 Å². The predicted molar refractivity (Wildman–Crippen MR) is 42.5 cm³/mol. The molecule has 3 heteroatoms. The summed E-state index contributed by atoms with van der Waals surface area (Å²) in [6.07, 6.45) is 1.95. The van der Waals surface area contributed by atoms with Gasteiger partial charge in [-0.1, -0.05) is 12.1 Å². The van der Waals surface area contributed by atoms with Crippen LogP contribution in [0.2, 0.25) is 0 Å². The lowest BCUT2D eigenvalue weighted by atomic mass is 10.2. The molecule has 2 heterocycles. The van der Waals surface area contributed by atoms with Gasteiger partial charge in [0.15, 0.2) is 5.82 Å². The number of nitrogens with zero attached hydrogens (tertiary/aromatic N) is 2. The molecule has 0 aliphatic carbocycles. The molecule has 0 unspecified atom stereocenters. The molecule has 3 nitrogen and oxygen atoms in total. The number of hydrogen-bond donors (Lipinski definition) is 1. The zero-order valence-corrected chi connectivity index (χ0v) is 5.70. The molecule has 1 N–H and O–H groups in total. The molecule has 0 saturated carbocycles. The van der Waals surface area contributed by atoms with Crippen LogP contribution in [0.5, 0.6) is 0 Å². The molecule has 0 atom stereocenters. The normalized spacial score (nSPS) is 13.1. The summed E-state index contributed by atoms with van der Waals surface area (Å²) in [6, 6.07) is 6.00. The van der Waals surface area contributed by atoms with Crippen LogP contribution < -0.4 is 0 Å². The first-order chi connectivity index (χ1) is 5.45. The lowest BCUT2D eigenvalue weighted by Gasteiger charge is -1.87. The predicted octanol–water partition coefficient (Wildman–Crippen LogP) is 2.90. The zero-order valence-electron chi connectivity index (χ0n) is 5.70. The Morgan fingerprint density at radius 2 is 2.18 bits per heavy atom. The van der Waals surface area contributed by atoms with Crippen LogP contribution in [0.4, 0.5) is 11.5 Å². The van der Waals surface area contributed by atoms with Gasteiger partial charge < -0.3 is 4.98 Å². The Labute approximate surface area is 62.8 Å². The van der Waals surface area contributed by atoms with Gasteiger partial charge >= 0.3 is 0 Å². The topological polar surface area (TPSA) is 40.5 Å². The Bertz CT molecular complexity index is 453. The Morgan fingerprint density at radius 1 is 1.18 bits per heavy atom. The standard InChI is InChI=1S/C8H5N3/c1-2-5-4-9-8-7(5)6(3-1)10-11-8/h1-4,9H. The molecule has 0 amide bonds. The van der Waals surface area contributed by atoms with E-state index in [0.29, 0.717) is 0 Å². The minimum Gasteiger partial charge on any atom is -0.344 e. The summed E-state index contributed by atoms with van der Waals surface area (Å²) in [4.78, 5) is 3.06. The fourth-order valence-electron chi connectivity index (χ4n) is 1.42. The monoisotopic (exact) mass is 143 g/mol. The van der Waals surface area contributed by atoms with Gasteiger partial charge in [-0.3, -0.25) is 0 Å². The van der Waals surface area contributed by atoms with E-state index < -0.39 is 0 Å². The van der Waals surface area contributed by atoms with Crippen LogP contribution in [-0.4, -0.2) is 4.98 Å². The second-order valence-electron chi connectivity index (χ2n) is 2.58. The first-order valence-corrected chi connectivity index (χ1v) is 3.47. The van der Waals surface area contributed by atoms with Crippen LogP contribution >= 0.6 is 0 Å². The van der Waals surface area contributed by atoms with E-state index in [1.54, 1.807) is 0 Å². The highest BCUT2D eigenvalue weighted by atomic mass is 15.2. The summed E-state index contributed by atoms with van der Waals surface area (Å²) in [5, 5.41) is 10.3. The number of azo groups is 1. The maximum atomic E-state index is 4.00. The lowest BCUT2D eigenvalue weighted by molar-refractivity contribution is 1.23. The molecule has 0 bridgehead atoms. The Hall–Kier alpha value is -1.64. The zero-order chi connectivity index (χ0) is 7.26. The van der Waals surface area contributed by atoms with Gasteiger partial charge in [0.05, 0.1) is 11.1 Å². The number of nitrogens with one attached hydrogen (secondary N) is 1. The van der Waals surface area contributed by atoms with E-state index in [2.05, 4.69) is 21.3 Å². The largest absolute Gasteiger partial charge is 0.344 e. The summed E-state index contributed by atoms with van der Waals surface area (Å²) in [5.41, 5.74) is 0.971. The summed E-state index contributed by atoms with van der Waals surface area (Å²) in [6.45, 7) is 0. The third-order valence-electron chi connectivity index (χ3n) is 1.93. The minimum absolute atomic E-state index is 0.885. The number of H-pyrrole nitrogens is 1. The van der Waals surface area contributed by atoms with Crippen molar-refractivity contribution in [2.45, 2.75) is 0 Å². The third kappa shape index (κ3) is 0.487. The number of aromatic amines is 1. The van der Waals surface area contributed by atoms with E-state index in [1.807, 2.05) is 18.3 Å². The van der Waals surface area contributed by atoms with Gasteiger partial charge in [-0.15, -0.1) is 10.2 Å². The lowest BCUT2D eigenvalue weighted by Crippen LogP contribution is -1.60. The average Bonchev–Trinajstić information content (AvgIpc) is 2.60. The molecule has 11 heavy (non-hydrogen) atoms. The molecule has 2 aromatic rings. The molecule has 0 spiro atoms. The van der Waals surface area contributed by atoms with Crippen molar-refractivity contribution in [1.82, 2.24) is 4.98 Å². The van der Waals surface area contributed by atoms with Crippen LogP contribution in [-0.2, 0) is 0 Å². The Kier molecular flexibility index (Phi) is 0.692. The van der Waals surface area contributed by atoms with Crippen LogP contribution in [0.25, 0.3) is 10.8 Å². The van der Waals surface area contributed by atoms with Crippen molar-refractivity contribution in [2.24, 2.45) is 10.2 Å². The van der Waals surface area contributed by atoms with E-state index in [0.717, 1.165) is 16.9 Å². The van der Waals surface area contributed by atoms with Crippen LogP contribution in [0.1, 0.15) is 0 Å². The summed E-state index contributed by atoms with van der Waals surface area (Å²) in [5.74, 6) is 0.885. The van der Waals surface area contributed by atoms with Crippen molar-refractivity contribution in [3.8, 4) is 0 Å². The fourth-order valence-corrected chi connectivity index (χ4v) is 1.42. The summed E-state index contributed by atoms with van der Waals surface area (Å²) in [7, 11) is 0. The van der Waals surface area contributed by atoms with E-state index in [4.69, 9.17) is 0 Å². The number of aromatic nitrogens is 1. The summed E-state index contributed by atoms with van der Waals surface area (Å²) < 4.78 is 0. The minimum atomic E-state index is 0.885. The van der Waals surface area contributed by atoms with Crippen LogP contribution in [0, 0.1) is 0 Å². The highest BCUT2D eigenvalue weighted by molar-refractivity contribution is 6.01. The third-order valence-corrected chi connectivity index (χ3v) is 1.93. The van der Waals surface area contributed by atoms with Gasteiger partial charge in [-0.05, 0) is 6.07 Å². The molecule has 1 aromatic heterocycles. The smallest absolute Gasteiger partial charge is 0.162 e. The second kappa shape index (κ2) is 1.50. The van der Waals surface area contributed by atoms with Crippen molar-refractivity contribution < 1.29 is 0 Å². The van der Waals surface area contributed by atoms with Crippen molar-refractivity contribution in [3.05, 3.63) is 24.4 Å². The molecule has 0 radical (unpaired) electrons. The van der Waals surface area contributed by atoms with E-state index in [9.17, 15) is 0 Å². The molecule has 1 aromatic carbocycles. The molecular formula is C8H5N3. The van der Waals surface area contributed by atoms with Crippen LogP contribution in [0.3, 0.4) is 0 Å². The van der Waals surface area contributed by atoms with Crippen molar-refractivity contribution in [1.29, 1.82) is 0 Å². The first kappa shape index (κ1) is 5.07. The number of hydrogen-bond acceptors (Lipinski definition) is 2. The van der Waals surface area contributed by atoms with Gasteiger partial charge in [0.25, 0.3) is 0 Å². The molecular weight excluding hydrogens is 138 g/mol. The van der Waals surface area contributed by atoms with Gasteiger partial charge in [-0.2, -0.15) is 0 Å². The molecule has 0 saturated heterocycles. The average molecular weight is 143 g/mol. The van der Waals surface area contributed by atoms with Crippen molar-refractivity contribution in [3.63, 3.8) is 0 Å². The van der Waals surface area contributed by atoms with Gasteiger partial charge in [-0.25, -0.2) is 0 Å². The Balaban J connectivity index is 2.69. The summed E-state index contributed by atoms with van der Waals surface area (Å²) >= 11 is 0. The Morgan fingerprint density at radius 3 is 3.18 bits per heavy atom. The SMILES string of the molecule is c1cc2c3c([nH]cc3c1)N=N2. The maximum Gasteiger partial charge on any atom is 0.162 e. The molecule has 52 valence electrons. The molecule has 3 rings (SSSR count). The highest BCUT2D eigenvalue weighted by Crippen LogP contribution is 2.39. The van der Waals surface area contributed by atoms with Gasteiger partial charge in [0.1, 0.15) is 0 Å². The fraction of sp³-hybridized carbons (Fsp3) is 0. The highest BCUT2D eigenvalue weighted by Gasteiger charge is 2.11. The second-order valence-corrected chi connectivity index (χ2v) is 2.58. The van der Waals surface area contributed by atoms with Crippen molar-refractivity contribution >= 4 is 22.3 Å². The molecule has 1 aliphatic heterocycles. The van der Waals surface area contributed by atoms with Gasteiger partial charge in [0.2, 0.25) is 0 Å². The maximum absolute atomic E-state index is 4.00. The molecule has 1 aliphatic rings. The van der Waals surface area contributed by atoms with Gasteiger partial charge in [0, 0.05) is 11.6 Å². The number of rotatable bonds is 0. The molecule has 0 fully saturated rings. The van der Waals surface area contributed by atoms with E-state index in [-0.39, 0.29) is 0 Å².